The zero-order valence-electron chi connectivity index (χ0n) is 13.4. The van der Waals surface area contributed by atoms with Gasteiger partial charge in [-0.3, -0.25) is 4.79 Å². The fourth-order valence-corrected chi connectivity index (χ4v) is 3.25. The average Bonchev–Trinajstić information content (AvgIpc) is 3.09. The van der Waals surface area contributed by atoms with Crippen LogP contribution in [0.15, 0.2) is 72.1 Å². The smallest absolute Gasteiger partial charge is 0.251 e. The summed E-state index contributed by atoms with van der Waals surface area (Å²) in [6.07, 6.45) is 0.837. The Balaban J connectivity index is 1.63. The van der Waals surface area contributed by atoms with Gasteiger partial charge in [0.15, 0.2) is 0 Å². The molecule has 2 aromatic carbocycles. The van der Waals surface area contributed by atoms with Gasteiger partial charge in [0.25, 0.3) is 5.91 Å². The number of carbonyl (C=O) groups is 1. The number of ether oxygens (including phenoxy) is 1. The van der Waals surface area contributed by atoms with Crippen LogP contribution < -0.4 is 10.1 Å². The molecule has 0 aliphatic carbocycles. The SMILES string of the molecule is C[C@H](Cc1cccs1)NC(=O)c1cccc(Oc2ccccc2)c1. The number of carbonyl (C=O) groups excluding carboxylic acids is 1. The van der Waals surface area contributed by atoms with E-state index in [9.17, 15) is 4.79 Å². The highest BCUT2D eigenvalue weighted by Crippen LogP contribution is 2.22. The molecule has 1 heterocycles. The molecule has 3 aromatic rings. The van der Waals surface area contributed by atoms with Gasteiger partial charge in [-0.25, -0.2) is 0 Å². The molecule has 0 bridgehead atoms. The minimum Gasteiger partial charge on any atom is -0.457 e. The summed E-state index contributed by atoms with van der Waals surface area (Å²) in [6, 6.07) is 21.0. The van der Waals surface area contributed by atoms with Gasteiger partial charge in [0.1, 0.15) is 11.5 Å². The standard InChI is InChI=1S/C20H19NO2S/c1-15(13-19-11-6-12-24-19)21-20(22)16-7-5-10-18(14-16)23-17-8-3-2-4-9-17/h2-12,14-15H,13H2,1H3,(H,21,22)/t15-/m1/s1. The van der Waals surface area contributed by atoms with Gasteiger partial charge in [-0.05, 0) is 48.7 Å². The van der Waals surface area contributed by atoms with E-state index >= 15 is 0 Å². The van der Waals surface area contributed by atoms with Crippen LogP contribution in [0.4, 0.5) is 0 Å². The number of rotatable bonds is 6. The van der Waals surface area contributed by atoms with Crippen molar-refractivity contribution in [1.82, 2.24) is 5.32 Å². The topological polar surface area (TPSA) is 38.3 Å². The molecule has 0 spiro atoms. The van der Waals surface area contributed by atoms with E-state index in [2.05, 4.69) is 11.4 Å². The Morgan fingerprint density at radius 1 is 1.04 bits per heavy atom. The highest BCUT2D eigenvalue weighted by atomic mass is 32.1. The Morgan fingerprint density at radius 2 is 1.83 bits per heavy atom. The molecule has 0 aliphatic heterocycles. The first-order chi connectivity index (χ1) is 11.7. The number of benzene rings is 2. The summed E-state index contributed by atoms with van der Waals surface area (Å²) in [7, 11) is 0. The van der Waals surface area contributed by atoms with E-state index in [1.807, 2.05) is 60.8 Å². The van der Waals surface area contributed by atoms with Gasteiger partial charge in [0.2, 0.25) is 0 Å². The lowest BCUT2D eigenvalue weighted by atomic mass is 10.1. The molecule has 3 rings (SSSR count). The molecule has 4 heteroatoms. The van der Waals surface area contributed by atoms with Gasteiger partial charge < -0.3 is 10.1 Å². The Labute approximate surface area is 145 Å². The van der Waals surface area contributed by atoms with Gasteiger partial charge in [-0.2, -0.15) is 0 Å². The van der Waals surface area contributed by atoms with Crippen LogP contribution in [0.2, 0.25) is 0 Å². The summed E-state index contributed by atoms with van der Waals surface area (Å²) in [5.74, 6) is 1.32. The van der Waals surface area contributed by atoms with Gasteiger partial charge >= 0.3 is 0 Å². The second kappa shape index (κ2) is 7.79. The fraction of sp³-hybridized carbons (Fsp3) is 0.150. The van der Waals surface area contributed by atoms with E-state index in [4.69, 9.17) is 4.74 Å². The summed E-state index contributed by atoms with van der Waals surface area (Å²) in [5, 5.41) is 5.09. The number of hydrogen-bond donors (Lipinski definition) is 1. The first-order valence-corrected chi connectivity index (χ1v) is 8.75. The lowest BCUT2D eigenvalue weighted by molar-refractivity contribution is 0.0940. The number of amides is 1. The predicted octanol–water partition coefficient (Wildman–Crippen LogP) is 4.90. The molecule has 0 unspecified atom stereocenters. The van der Waals surface area contributed by atoms with Crippen molar-refractivity contribution in [2.45, 2.75) is 19.4 Å². The maximum absolute atomic E-state index is 12.4. The highest BCUT2D eigenvalue weighted by molar-refractivity contribution is 7.09. The van der Waals surface area contributed by atoms with Crippen LogP contribution in [-0.4, -0.2) is 11.9 Å². The van der Waals surface area contributed by atoms with Crippen molar-refractivity contribution < 1.29 is 9.53 Å². The Bertz CT molecular complexity index is 784. The van der Waals surface area contributed by atoms with E-state index in [-0.39, 0.29) is 11.9 Å². The van der Waals surface area contributed by atoms with E-state index in [0.717, 1.165) is 12.2 Å². The Morgan fingerprint density at radius 3 is 2.58 bits per heavy atom. The minimum atomic E-state index is -0.0856. The maximum Gasteiger partial charge on any atom is 0.251 e. The molecule has 122 valence electrons. The molecule has 0 fully saturated rings. The number of nitrogens with one attached hydrogen (secondary N) is 1. The molecule has 1 aromatic heterocycles. The van der Waals surface area contributed by atoms with Crippen molar-refractivity contribution in [3.05, 3.63) is 82.6 Å². The quantitative estimate of drug-likeness (QED) is 0.694. The lowest BCUT2D eigenvalue weighted by Gasteiger charge is -2.13. The first-order valence-electron chi connectivity index (χ1n) is 7.87. The first kappa shape index (κ1) is 16.3. The van der Waals surface area contributed by atoms with Crippen LogP contribution in [0.1, 0.15) is 22.2 Å². The van der Waals surface area contributed by atoms with Crippen molar-refractivity contribution in [3.63, 3.8) is 0 Å². The van der Waals surface area contributed by atoms with Crippen molar-refractivity contribution >= 4 is 17.2 Å². The van der Waals surface area contributed by atoms with Gasteiger partial charge in [-0.15, -0.1) is 11.3 Å². The van der Waals surface area contributed by atoms with E-state index in [0.29, 0.717) is 11.3 Å². The van der Waals surface area contributed by atoms with E-state index in [1.165, 1.54) is 4.88 Å². The van der Waals surface area contributed by atoms with Crippen LogP contribution in [0.25, 0.3) is 0 Å². The van der Waals surface area contributed by atoms with Crippen molar-refractivity contribution in [1.29, 1.82) is 0 Å². The van der Waals surface area contributed by atoms with Crippen LogP contribution in [0, 0.1) is 0 Å². The molecular formula is C20H19NO2S. The molecular weight excluding hydrogens is 318 g/mol. The van der Waals surface area contributed by atoms with E-state index in [1.54, 1.807) is 23.5 Å². The van der Waals surface area contributed by atoms with E-state index < -0.39 is 0 Å². The third kappa shape index (κ3) is 4.46. The van der Waals surface area contributed by atoms with Gasteiger partial charge in [0, 0.05) is 22.9 Å². The predicted molar refractivity (Wildman–Crippen MR) is 97.9 cm³/mol. The number of hydrogen-bond acceptors (Lipinski definition) is 3. The van der Waals surface area contributed by atoms with Crippen LogP contribution >= 0.6 is 11.3 Å². The average molecular weight is 337 g/mol. The summed E-state index contributed by atoms with van der Waals surface area (Å²) in [5.41, 5.74) is 0.599. The van der Waals surface area contributed by atoms with Crippen LogP contribution in [0.5, 0.6) is 11.5 Å². The second-order valence-electron chi connectivity index (χ2n) is 5.60. The fourth-order valence-electron chi connectivity index (χ4n) is 2.41. The largest absolute Gasteiger partial charge is 0.457 e. The molecule has 0 radical (unpaired) electrons. The summed E-state index contributed by atoms with van der Waals surface area (Å²) < 4.78 is 5.78. The molecule has 1 atom stereocenters. The van der Waals surface area contributed by atoms with Crippen molar-refractivity contribution in [2.75, 3.05) is 0 Å². The summed E-state index contributed by atoms with van der Waals surface area (Å²) in [6.45, 7) is 2.02. The third-order valence-corrected chi connectivity index (χ3v) is 4.44. The lowest BCUT2D eigenvalue weighted by Crippen LogP contribution is -2.33. The number of para-hydroxylation sites is 1. The Kier molecular flexibility index (Phi) is 5.29. The summed E-state index contributed by atoms with van der Waals surface area (Å²) >= 11 is 1.71. The highest BCUT2D eigenvalue weighted by Gasteiger charge is 2.11. The zero-order valence-corrected chi connectivity index (χ0v) is 14.3. The molecule has 3 nitrogen and oxygen atoms in total. The minimum absolute atomic E-state index is 0.0786. The molecule has 0 saturated heterocycles. The monoisotopic (exact) mass is 337 g/mol. The van der Waals surface area contributed by atoms with Crippen molar-refractivity contribution in [3.8, 4) is 11.5 Å². The zero-order chi connectivity index (χ0) is 16.8. The maximum atomic E-state index is 12.4. The third-order valence-electron chi connectivity index (χ3n) is 3.54. The van der Waals surface area contributed by atoms with Gasteiger partial charge in [0.05, 0.1) is 0 Å². The molecule has 1 amide bonds. The van der Waals surface area contributed by atoms with Crippen LogP contribution in [0.3, 0.4) is 0 Å². The molecule has 0 saturated carbocycles. The van der Waals surface area contributed by atoms with Crippen LogP contribution in [-0.2, 0) is 6.42 Å². The second-order valence-corrected chi connectivity index (χ2v) is 6.63. The van der Waals surface area contributed by atoms with Gasteiger partial charge in [-0.1, -0.05) is 30.3 Å². The molecule has 1 N–H and O–H groups in total. The Hall–Kier alpha value is -2.59. The normalized spacial score (nSPS) is 11.7. The summed E-state index contributed by atoms with van der Waals surface area (Å²) in [4.78, 5) is 13.7. The molecule has 24 heavy (non-hydrogen) atoms. The van der Waals surface area contributed by atoms with Crippen molar-refractivity contribution in [2.24, 2.45) is 0 Å². The molecule has 0 aliphatic rings. The number of thiophene rings is 1.